The summed E-state index contributed by atoms with van der Waals surface area (Å²) in [5, 5.41) is 0.489. The Bertz CT molecular complexity index is 442. The molecule has 0 amide bonds. The van der Waals surface area contributed by atoms with E-state index in [0.29, 0.717) is 10.8 Å². The molecule has 0 fully saturated rings. The van der Waals surface area contributed by atoms with Crippen LogP contribution in [0.3, 0.4) is 0 Å². The molecule has 0 spiro atoms. The van der Waals surface area contributed by atoms with Gasteiger partial charge in [0.1, 0.15) is 18.2 Å². The van der Waals surface area contributed by atoms with Crippen LogP contribution in [0.5, 0.6) is 5.75 Å². The van der Waals surface area contributed by atoms with E-state index in [4.69, 9.17) is 22.1 Å². The maximum atomic E-state index is 13.1. The molecule has 1 aromatic carbocycles. The zero-order valence-corrected chi connectivity index (χ0v) is 12.9. The van der Waals surface area contributed by atoms with Gasteiger partial charge in [0.15, 0.2) is 0 Å². The Balaban J connectivity index is 0.00000324. The van der Waals surface area contributed by atoms with E-state index < -0.39 is 5.83 Å². The zero-order valence-electron chi connectivity index (χ0n) is 11.4. The van der Waals surface area contributed by atoms with Crippen molar-refractivity contribution in [2.75, 3.05) is 13.2 Å². The third kappa shape index (κ3) is 5.81. The Morgan fingerprint density at radius 3 is 2.53 bits per heavy atom. The summed E-state index contributed by atoms with van der Waals surface area (Å²) in [7, 11) is 0. The largest absolute Gasteiger partial charge is 0.485 e. The molecule has 1 aromatic rings. The Kier molecular flexibility index (Phi) is 7.42. The maximum Gasteiger partial charge on any atom is 0.139 e. The number of nitrogens with two attached hydrogens (primary N) is 1. The van der Waals surface area contributed by atoms with Crippen molar-refractivity contribution >= 4 is 24.0 Å². The highest BCUT2D eigenvalue weighted by Gasteiger charge is 2.15. The smallest absolute Gasteiger partial charge is 0.139 e. The number of benzene rings is 1. The molecule has 108 valence electrons. The van der Waals surface area contributed by atoms with Crippen molar-refractivity contribution in [3.63, 3.8) is 0 Å². The van der Waals surface area contributed by atoms with Crippen LogP contribution in [0.2, 0.25) is 5.02 Å². The van der Waals surface area contributed by atoms with Crippen LogP contribution in [0, 0.1) is 0 Å². The fourth-order valence-electron chi connectivity index (χ4n) is 1.42. The number of ether oxygens (including phenoxy) is 1. The first-order valence-corrected chi connectivity index (χ1v) is 6.20. The molecule has 5 heteroatoms. The van der Waals surface area contributed by atoms with E-state index in [1.54, 1.807) is 6.07 Å². The van der Waals surface area contributed by atoms with E-state index in [0.717, 1.165) is 5.56 Å². The van der Waals surface area contributed by atoms with Crippen molar-refractivity contribution in [2.45, 2.75) is 26.2 Å². The Morgan fingerprint density at radius 2 is 2.05 bits per heavy atom. The van der Waals surface area contributed by atoms with Gasteiger partial charge >= 0.3 is 0 Å². The molecule has 0 heterocycles. The summed E-state index contributed by atoms with van der Waals surface area (Å²) in [5.74, 6) is 0.0821. The average molecular weight is 308 g/mol. The molecule has 0 aliphatic heterocycles. The summed E-state index contributed by atoms with van der Waals surface area (Å²) in [6.07, 6.45) is 1.28. The maximum absolute atomic E-state index is 13.1. The lowest BCUT2D eigenvalue weighted by atomic mass is 9.87. The van der Waals surface area contributed by atoms with E-state index in [-0.39, 0.29) is 31.0 Å². The van der Waals surface area contributed by atoms with Gasteiger partial charge in [-0.05, 0) is 29.2 Å². The first kappa shape index (κ1) is 18.2. The predicted octanol–water partition coefficient (Wildman–Crippen LogP) is 4.25. The van der Waals surface area contributed by atoms with Gasteiger partial charge in [0.2, 0.25) is 0 Å². The minimum atomic E-state index is -0.395. The second-order valence-electron chi connectivity index (χ2n) is 5.07. The van der Waals surface area contributed by atoms with Crippen LogP contribution in [0.1, 0.15) is 26.3 Å². The summed E-state index contributed by atoms with van der Waals surface area (Å²) >= 11 is 6.10. The fourth-order valence-corrected chi connectivity index (χ4v) is 1.65. The average Bonchev–Trinajstić information content (AvgIpc) is 2.26. The van der Waals surface area contributed by atoms with Gasteiger partial charge in [-0.1, -0.05) is 38.4 Å². The first-order valence-electron chi connectivity index (χ1n) is 5.82. The summed E-state index contributed by atoms with van der Waals surface area (Å²) < 4.78 is 18.4. The van der Waals surface area contributed by atoms with Gasteiger partial charge in [-0.15, -0.1) is 12.4 Å². The van der Waals surface area contributed by atoms with Gasteiger partial charge in [0.05, 0.1) is 5.02 Å². The van der Waals surface area contributed by atoms with Crippen molar-refractivity contribution < 1.29 is 9.13 Å². The van der Waals surface area contributed by atoms with Crippen LogP contribution in [-0.2, 0) is 5.41 Å². The van der Waals surface area contributed by atoms with Gasteiger partial charge in [0, 0.05) is 6.54 Å². The summed E-state index contributed by atoms with van der Waals surface area (Å²) in [6.45, 7) is 6.31. The van der Waals surface area contributed by atoms with E-state index in [2.05, 4.69) is 20.8 Å². The van der Waals surface area contributed by atoms with Crippen molar-refractivity contribution in [3.05, 3.63) is 40.7 Å². The molecule has 1 rings (SSSR count). The monoisotopic (exact) mass is 307 g/mol. The molecule has 0 saturated carbocycles. The molecule has 0 bridgehead atoms. The van der Waals surface area contributed by atoms with Crippen LogP contribution in [-0.4, -0.2) is 13.2 Å². The van der Waals surface area contributed by atoms with Crippen molar-refractivity contribution in [1.82, 2.24) is 0 Å². The molecular weight excluding hydrogens is 288 g/mol. The molecule has 0 radical (unpaired) electrons. The molecule has 0 unspecified atom stereocenters. The van der Waals surface area contributed by atoms with E-state index in [1.165, 1.54) is 6.08 Å². The number of hydrogen-bond acceptors (Lipinski definition) is 2. The predicted molar refractivity (Wildman–Crippen MR) is 81.1 cm³/mol. The molecular formula is C14H20Cl2FNO. The highest BCUT2D eigenvalue weighted by atomic mass is 35.5. The lowest BCUT2D eigenvalue weighted by Gasteiger charge is -2.20. The Morgan fingerprint density at radius 1 is 1.42 bits per heavy atom. The molecule has 2 nitrogen and oxygen atoms in total. The molecule has 0 atom stereocenters. The summed E-state index contributed by atoms with van der Waals surface area (Å²) in [4.78, 5) is 0. The molecule has 19 heavy (non-hydrogen) atoms. The van der Waals surface area contributed by atoms with Crippen LogP contribution in [0.25, 0.3) is 0 Å². The third-order valence-corrected chi connectivity index (χ3v) is 2.80. The van der Waals surface area contributed by atoms with Crippen LogP contribution in [0.15, 0.2) is 30.1 Å². The molecule has 0 aromatic heterocycles. The molecule has 2 N–H and O–H groups in total. The number of halogens is 3. The first-order chi connectivity index (χ1) is 8.34. The molecule has 0 saturated heterocycles. The normalized spacial score (nSPS) is 12.0. The molecule has 0 aliphatic rings. The van der Waals surface area contributed by atoms with Crippen molar-refractivity contribution in [1.29, 1.82) is 0 Å². The summed E-state index contributed by atoms with van der Waals surface area (Å²) in [6, 6.07) is 5.55. The minimum absolute atomic E-state index is 0. The third-order valence-electron chi connectivity index (χ3n) is 2.50. The van der Waals surface area contributed by atoms with Crippen LogP contribution < -0.4 is 10.5 Å². The lowest BCUT2D eigenvalue weighted by Crippen LogP contribution is -2.11. The molecule has 0 aliphatic carbocycles. The standard InChI is InChI=1S/C14H19ClFNO.ClH/c1-14(2,3)10-4-5-13(12(15)8-10)18-9-11(16)6-7-17;/h4-6,8H,7,9,17H2,1-3H3;1H/b11-6-;. The van der Waals surface area contributed by atoms with Crippen molar-refractivity contribution in [3.8, 4) is 5.75 Å². The quantitative estimate of drug-likeness (QED) is 0.902. The SMILES string of the molecule is CC(C)(C)c1ccc(OC/C(F)=C/CN)c(Cl)c1.Cl. The lowest BCUT2D eigenvalue weighted by molar-refractivity contribution is 0.318. The fraction of sp³-hybridized carbons (Fsp3) is 0.429. The minimum Gasteiger partial charge on any atom is -0.485 e. The number of hydrogen-bond donors (Lipinski definition) is 1. The van der Waals surface area contributed by atoms with E-state index in [1.807, 2.05) is 12.1 Å². The summed E-state index contributed by atoms with van der Waals surface area (Å²) in [5.41, 5.74) is 6.33. The zero-order chi connectivity index (χ0) is 13.8. The van der Waals surface area contributed by atoms with E-state index in [9.17, 15) is 4.39 Å². The van der Waals surface area contributed by atoms with E-state index >= 15 is 0 Å². The van der Waals surface area contributed by atoms with Gasteiger partial charge in [-0.25, -0.2) is 4.39 Å². The highest BCUT2D eigenvalue weighted by molar-refractivity contribution is 6.32. The van der Waals surface area contributed by atoms with Gasteiger partial charge in [0.25, 0.3) is 0 Å². The van der Waals surface area contributed by atoms with Crippen molar-refractivity contribution in [2.24, 2.45) is 5.73 Å². The van der Waals surface area contributed by atoms with Gasteiger partial charge < -0.3 is 10.5 Å². The number of rotatable bonds is 4. The highest BCUT2D eigenvalue weighted by Crippen LogP contribution is 2.31. The van der Waals surface area contributed by atoms with Crippen LogP contribution in [0.4, 0.5) is 4.39 Å². The second-order valence-corrected chi connectivity index (χ2v) is 5.48. The van der Waals surface area contributed by atoms with Crippen LogP contribution >= 0.6 is 24.0 Å². The topological polar surface area (TPSA) is 35.2 Å². The Hall–Kier alpha value is -0.770. The van der Waals surface area contributed by atoms with Gasteiger partial charge in [-0.3, -0.25) is 0 Å². The van der Waals surface area contributed by atoms with Gasteiger partial charge in [-0.2, -0.15) is 0 Å². The Labute approximate surface area is 125 Å². The second kappa shape index (κ2) is 7.73.